The summed E-state index contributed by atoms with van der Waals surface area (Å²) in [6.45, 7) is 0.569. The Labute approximate surface area is 122 Å². The first-order valence-corrected chi connectivity index (χ1v) is 6.73. The molecule has 0 saturated heterocycles. The summed E-state index contributed by atoms with van der Waals surface area (Å²) in [5.41, 5.74) is 1.83. The normalized spacial score (nSPS) is 10.3. The van der Waals surface area contributed by atoms with E-state index in [0.717, 1.165) is 16.6 Å². The lowest BCUT2D eigenvalue weighted by molar-refractivity contribution is -0.136. The number of rotatable bonds is 6. The molecule has 110 valence electrons. The van der Waals surface area contributed by atoms with Crippen LogP contribution >= 0.6 is 0 Å². The highest BCUT2D eigenvalue weighted by Crippen LogP contribution is 2.11. The lowest BCUT2D eigenvalue weighted by Gasteiger charge is -2.07. The molecular formula is C15H17N3O3. The smallest absolute Gasteiger partial charge is 0.314 e. The van der Waals surface area contributed by atoms with Crippen LogP contribution < -0.4 is 10.6 Å². The Bertz CT molecular complexity index is 643. The Kier molecular flexibility index (Phi) is 5.09. The second-order valence-corrected chi connectivity index (χ2v) is 4.57. The molecule has 0 bridgehead atoms. The molecule has 1 heterocycles. The summed E-state index contributed by atoms with van der Waals surface area (Å²) in [5.74, 6) is -0.935. The number of aromatic nitrogens is 1. The van der Waals surface area contributed by atoms with Crippen molar-refractivity contribution >= 4 is 22.9 Å². The third-order valence-corrected chi connectivity index (χ3v) is 2.95. The summed E-state index contributed by atoms with van der Waals surface area (Å²) in [6.07, 6.45) is 0.539. The van der Waals surface area contributed by atoms with Crippen molar-refractivity contribution in [2.24, 2.45) is 0 Å². The number of carboxylic acids is 1. The van der Waals surface area contributed by atoms with E-state index in [0.29, 0.717) is 13.0 Å². The van der Waals surface area contributed by atoms with Crippen molar-refractivity contribution in [1.29, 1.82) is 0 Å². The lowest BCUT2D eigenvalue weighted by atomic mass is 10.2. The summed E-state index contributed by atoms with van der Waals surface area (Å²) >= 11 is 0. The number of amides is 2. The largest absolute Gasteiger partial charge is 0.481 e. The second kappa shape index (κ2) is 7.23. The summed E-state index contributed by atoms with van der Waals surface area (Å²) in [6, 6.07) is 11.4. The third-order valence-electron chi connectivity index (χ3n) is 2.95. The zero-order valence-corrected chi connectivity index (χ0v) is 11.5. The highest BCUT2D eigenvalue weighted by molar-refractivity contribution is 5.78. The Morgan fingerprint density at radius 3 is 2.62 bits per heavy atom. The highest BCUT2D eigenvalue weighted by atomic mass is 16.4. The average Bonchev–Trinajstić information content (AvgIpc) is 2.47. The van der Waals surface area contributed by atoms with Gasteiger partial charge >= 0.3 is 12.0 Å². The first-order valence-electron chi connectivity index (χ1n) is 6.73. The maximum atomic E-state index is 11.4. The van der Waals surface area contributed by atoms with Crippen molar-refractivity contribution < 1.29 is 14.7 Å². The fourth-order valence-corrected chi connectivity index (χ4v) is 1.90. The summed E-state index contributed by atoms with van der Waals surface area (Å²) in [4.78, 5) is 26.2. The number of carbonyl (C=O) groups excluding carboxylic acids is 1. The van der Waals surface area contributed by atoms with Gasteiger partial charge in [0, 0.05) is 30.6 Å². The van der Waals surface area contributed by atoms with Gasteiger partial charge in [-0.05, 0) is 12.1 Å². The quantitative estimate of drug-likeness (QED) is 0.751. The topological polar surface area (TPSA) is 91.3 Å². The molecule has 1 aromatic carbocycles. The minimum Gasteiger partial charge on any atom is -0.481 e. The molecule has 6 nitrogen and oxygen atoms in total. The van der Waals surface area contributed by atoms with Crippen molar-refractivity contribution in [2.45, 2.75) is 12.8 Å². The van der Waals surface area contributed by atoms with E-state index in [1.165, 1.54) is 0 Å². The summed E-state index contributed by atoms with van der Waals surface area (Å²) < 4.78 is 0. The van der Waals surface area contributed by atoms with Crippen LogP contribution in [-0.4, -0.2) is 35.2 Å². The van der Waals surface area contributed by atoms with Gasteiger partial charge in [-0.3, -0.25) is 9.78 Å². The van der Waals surface area contributed by atoms with Crippen molar-refractivity contribution in [3.63, 3.8) is 0 Å². The summed E-state index contributed by atoms with van der Waals surface area (Å²) in [7, 11) is 0. The fourth-order valence-electron chi connectivity index (χ4n) is 1.90. The second-order valence-electron chi connectivity index (χ2n) is 4.57. The van der Waals surface area contributed by atoms with Crippen LogP contribution in [0.5, 0.6) is 0 Å². The van der Waals surface area contributed by atoms with Gasteiger partial charge in [-0.25, -0.2) is 4.79 Å². The van der Waals surface area contributed by atoms with Gasteiger partial charge in [-0.15, -0.1) is 0 Å². The molecule has 0 fully saturated rings. The number of para-hydroxylation sites is 1. The minimum absolute atomic E-state index is 0.0837. The molecule has 6 heteroatoms. The molecule has 0 radical (unpaired) electrons. The first kappa shape index (κ1) is 14.8. The fraction of sp³-hybridized carbons (Fsp3) is 0.267. The van der Waals surface area contributed by atoms with E-state index in [4.69, 9.17) is 5.11 Å². The molecule has 2 aromatic rings. The average molecular weight is 287 g/mol. The molecule has 21 heavy (non-hydrogen) atoms. The Morgan fingerprint density at radius 2 is 1.81 bits per heavy atom. The highest BCUT2D eigenvalue weighted by Gasteiger charge is 2.02. The molecule has 2 rings (SSSR count). The van der Waals surface area contributed by atoms with Crippen molar-refractivity contribution in [1.82, 2.24) is 15.6 Å². The van der Waals surface area contributed by atoms with Gasteiger partial charge in [0.15, 0.2) is 0 Å². The van der Waals surface area contributed by atoms with E-state index in [-0.39, 0.29) is 19.0 Å². The standard InChI is InChI=1S/C15H17N3O3/c19-14(20)8-10-17-15(21)16-9-7-12-6-5-11-3-1-2-4-13(11)18-12/h1-6H,7-10H2,(H,19,20)(H2,16,17,21). The Morgan fingerprint density at radius 1 is 1.05 bits per heavy atom. The van der Waals surface area contributed by atoms with Crippen LogP contribution in [0.15, 0.2) is 36.4 Å². The number of carbonyl (C=O) groups is 2. The molecule has 0 spiro atoms. The number of nitrogens with one attached hydrogen (secondary N) is 2. The molecular weight excluding hydrogens is 270 g/mol. The van der Waals surface area contributed by atoms with Gasteiger partial charge in [0.25, 0.3) is 0 Å². The van der Waals surface area contributed by atoms with Crippen LogP contribution in [-0.2, 0) is 11.2 Å². The first-order chi connectivity index (χ1) is 10.1. The number of aliphatic carboxylic acids is 1. The third kappa shape index (κ3) is 4.76. The number of benzene rings is 1. The summed E-state index contributed by atoms with van der Waals surface area (Å²) in [5, 5.41) is 14.7. The number of fused-ring (bicyclic) bond motifs is 1. The molecule has 0 atom stereocenters. The van der Waals surface area contributed by atoms with Crippen molar-refractivity contribution in [3.05, 3.63) is 42.1 Å². The number of hydrogen-bond donors (Lipinski definition) is 3. The van der Waals surface area contributed by atoms with Crippen LogP contribution in [0.3, 0.4) is 0 Å². The molecule has 0 aliphatic carbocycles. The van der Waals surface area contributed by atoms with Gasteiger partial charge in [0.1, 0.15) is 0 Å². The Hall–Kier alpha value is -2.63. The van der Waals surface area contributed by atoms with Gasteiger partial charge in [0.05, 0.1) is 11.9 Å². The maximum Gasteiger partial charge on any atom is 0.314 e. The van der Waals surface area contributed by atoms with E-state index in [2.05, 4.69) is 15.6 Å². The molecule has 0 aliphatic heterocycles. The number of hydrogen-bond acceptors (Lipinski definition) is 3. The van der Waals surface area contributed by atoms with Gasteiger partial charge in [-0.2, -0.15) is 0 Å². The van der Waals surface area contributed by atoms with Crippen molar-refractivity contribution in [2.75, 3.05) is 13.1 Å². The van der Waals surface area contributed by atoms with Crippen molar-refractivity contribution in [3.8, 4) is 0 Å². The molecule has 3 N–H and O–H groups in total. The predicted molar refractivity (Wildman–Crippen MR) is 79.1 cm³/mol. The van der Waals surface area contributed by atoms with E-state index >= 15 is 0 Å². The molecule has 2 amide bonds. The number of pyridine rings is 1. The number of urea groups is 1. The van der Waals surface area contributed by atoms with E-state index in [9.17, 15) is 9.59 Å². The van der Waals surface area contributed by atoms with Gasteiger partial charge < -0.3 is 15.7 Å². The molecule has 0 aliphatic rings. The van der Waals surface area contributed by atoms with Crippen LogP contribution in [0, 0.1) is 0 Å². The zero-order valence-electron chi connectivity index (χ0n) is 11.5. The maximum absolute atomic E-state index is 11.4. The lowest BCUT2D eigenvalue weighted by Crippen LogP contribution is -2.37. The van der Waals surface area contributed by atoms with Crippen LogP contribution in [0.4, 0.5) is 4.79 Å². The van der Waals surface area contributed by atoms with Gasteiger partial charge in [0.2, 0.25) is 0 Å². The van der Waals surface area contributed by atoms with E-state index in [1.54, 1.807) is 0 Å². The minimum atomic E-state index is -0.935. The van der Waals surface area contributed by atoms with E-state index < -0.39 is 5.97 Å². The molecule has 0 unspecified atom stereocenters. The molecule has 1 aromatic heterocycles. The van der Waals surface area contributed by atoms with Gasteiger partial charge in [-0.1, -0.05) is 24.3 Å². The van der Waals surface area contributed by atoms with Crippen LogP contribution in [0.2, 0.25) is 0 Å². The van der Waals surface area contributed by atoms with Crippen LogP contribution in [0.25, 0.3) is 10.9 Å². The zero-order chi connectivity index (χ0) is 15.1. The van der Waals surface area contributed by atoms with Crippen LogP contribution in [0.1, 0.15) is 12.1 Å². The number of nitrogens with zero attached hydrogens (tertiary/aromatic N) is 1. The monoisotopic (exact) mass is 287 g/mol. The number of carboxylic acid groups (broad SMARTS) is 1. The molecule has 0 saturated carbocycles. The SMILES string of the molecule is O=C(O)CCNC(=O)NCCc1ccc2ccccc2n1. The predicted octanol–water partition coefficient (Wildman–Crippen LogP) is 1.55. The Balaban J connectivity index is 1.77. The van der Waals surface area contributed by atoms with E-state index in [1.807, 2.05) is 36.4 Å².